The second-order valence-electron chi connectivity index (χ2n) is 4.95. The normalized spacial score (nSPS) is 10.2. The van der Waals surface area contributed by atoms with Crippen molar-refractivity contribution in [3.8, 4) is 0 Å². The number of carbonyl (C=O) groups is 1. The monoisotopic (exact) mass is 311 g/mol. The van der Waals surface area contributed by atoms with Gasteiger partial charge < -0.3 is 15.5 Å². The molecule has 1 heterocycles. The van der Waals surface area contributed by atoms with Crippen molar-refractivity contribution in [2.24, 2.45) is 5.73 Å². The highest BCUT2D eigenvalue weighted by atomic mass is 32.1. The lowest BCUT2D eigenvalue weighted by molar-refractivity contribution is -0.130. The average molecular weight is 311 g/mol. The average Bonchev–Trinajstić information content (AvgIpc) is 2.42. The van der Waals surface area contributed by atoms with Gasteiger partial charge in [0.25, 0.3) is 5.56 Å². The summed E-state index contributed by atoms with van der Waals surface area (Å²) in [4.78, 5) is 27.5. The molecule has 0 saturated heterocycles. The lowest BCUT2D eigenvalue weighted by atomic mass is 10.3. The number of thiocarbonyl (C=S) groups is 1. The number of rotatable bonds is 7. The summed E-state index contributed by atoms with van der Waals surface area (Å²) in [7, 11) is 5.36. The predicted molar refractivity (Wildman–Crippen MR) is 86.5 cm³/mol. The standard InChI is InChI=1S/C13H21N5O2S/c1-16(2)10-8-13(20)18(15-9-10)7-5-12(19)17(3)6-4-11(14)21/h8-9H,4-7H2,1-3H3,(H2,14,21). The number of nitrogens with two attached hydrogens (primary N) is 1. The molecule has 0 radical (unpaired) electrons. The number of aromatic nitrogens is 2. The van der Waals surface area contributed by atoms with Crippen LogP contribution in [0.2, 0.25) is 0 Å². The summed E-state index contributed by atoms with van der Waals surface area (Å²) in [6, 6.07) is 1.49. The van der Waals surface area contributed by atoms with Gasteiger partial charge in [-0.15, -0.1) is 0 Å². The van der Waals surface area contributed by atoms with E-state index >= 15 is 0 Å². The smallest absolute Gasteiger partial charge is 0.268 e. The van der Waals surface area contributed by atoms with Gasteiger partial charge in [-0.05, 0) is 0 Å². The predicted octanol–water partition coefficient (Wildman–Crippen LogP) is -0.166. The highest BCUT2D eigenvalue weighted by Gasteiger charge is 2.10. The van der Waals surface area contributed by atoms with E-state index in [0.29, 0.717) is 18.0 Å². The first-order valence-electron chi connectivity index (χ1n) is 6.58. The Morgan fingerprint density at radius 1 is 1.38 bits per heavy atom. The van der Waals surface area contributed by atoms with Crippen LogP contribution in [-0.4, -0.2) is 53.3 Å². The van der Waals surface area contributed by atoms with E-state index in [9.17, 15) is 9.59 Å². The van der Waals surface area contributed by atoms with Crippen molar-refractivity contribution in [3.63, 3.8) is 0 Å². The maximum atomic E-state index is 11.9. The van der Waals surface area contributed by atoms with Gasteiger partial charge in [0.15, 0.2) is 0 Å². The molecule has 1 aromatic heterocycles. The number of aryl methyl sites for hydroxylation is 1. The van der Waals surface area contributed by atoms with Crippen LogP contribution in [0.5, 0.6) is 0 Å². The second kappa shape index (κ2) is 7.72. The highest BCUT2D eigenvalue weighted by Crippen LogP contribution is 2.03. The molecule has 2 N–H and O–H groups in total. The molecular weight excluding hydrogens is 290 g/mol. The molecule has 0 spiro atoms. The Hall–Kier alpha value is -1.96. The van der Waals surface area contributed by atoms with Gasteiger partial charge in [0.1, 0.15) is 0 Å². The molecule has 1 rings (SSSR count). The molecule has 0 aromatic carbocycles. The Balaban J connectivity index is 2.57. The first-order chi connectivity index (χ1) is 9.81. The minimum absolute atomic E-state index is 0.0726. The molecule has 0 saturated carbocycles. The number of amides is 1. The maximum absolute atomic E-state index is 11.9. The van der Waals surface area contributed by atoms with Crippen LogP contribution >= 0.6 is 12.2 Å². The summed E-state index contributed by atoms with van der Waals surface area (Å²) >= 11 is 4.77. The zero-order valence-electron chi connectivity index (χ0n) is 12.6. The third-order valence-electron chi connectivity index (χ3n) is 3.03. The van der Waals surface area contributed by atoms with E-state index in [-0.39, 0.29) is 24.4 Å². The van der Waals surface area contributed by atoms with Crippen molar-refractivity contribution in [2.75, 3.05) is 32.6 Å². The first-order valence-corrected chi connectivity index (χ1v) is 6.99. The van der Waals surface area contributed by atoms with Gasteiger partial charge in [-0.3, -0.25) is 9.59 Å². The fourth-order valence-electron chi connectivity index (χ4n) is 1.63. The van der Waals surface area contributed by atoms with E-state index in [0.717, 1.165) is 5.69 Å². The van der Waals surface area contributed by atoms with Crippen molar-refractivity contribution < 1.29 is 4.79 Å². The van der Waals surface area contributed by atoms with Gasteiger partial charge in [0, 0.05) is 46.6 Å². The van der Waals surface area contributed by atoms with Gasteiger partial charge in [-0.25, -0.2) is 4.68 Å². The Kier molecular flexibility index (Phi) is 6.29. The Morgan fingerprint density at radius 2 is 2.05 bits per heavy atom. The van der Waals surface area contributed by atoms with E-state index in [1.807, 2.05) is 14.1 Å². The van der Waals surface area contributed by atoms with E-state index in [4.69, 9.17) is 18.0 Å². The van der Waals surface area contributed by atoms with Gasteiger partial charge in [-0.1, -0.05) is 12.2 Å². The maximum Gasteiger partial charge on any atom is 0.268 e. The van der Waals surface area contributed by atoms with E-state index in [1.165, 1.54) is 10.7 Å². The molecule has 116 valence electrons. The van der Waals surface area contributed by atoms with Crippen LogP contribution in [0.15, 0.2) is 17.1 Å². The van der Waals surface area contributed by atoms with E-state index in [1.54, 1.807) is 23.0 Å². The van der Waals surface area contributed by atoms with Crippen molar-refractivity contribution in [1.29, 1.82) is 0 Å². The molecule has 0 fully saturated rings. The van der Waals surface area contributed by atoms with Crippen molar-refractivity contribution in [3.05, 3.63) is 22.6 Å². The molecule has 21 heavy (non-hydrogen) atoms. The molecule has 0 atom stereocenters. The molecule has 0 bridgehead atoms. The third kappa shape index (κ3) is 5.50. The van der Waals surface area contributed by atoms with E-state index in [2.05, 4.69) is 5.10 Å². The molecular formula is C13H21N5O2S. The Morgan fingerprint density at radius 3 is 2.57 bits per heavy atom. The third-order valence-corrected chi connectivity index (χ3v) is 3.23. The zero-order chi connectivity index (χ0) is 16.0. The fraction of sp³-hybridized carbons (Fsp3) is 0.538. The number of hydrogen-bond acceptors (Lipinski definition) is 5. The minimum atomic E-state index is -0.222. The molecule has 0 aliphatic rings. The lowest BCUT2D eigenvalue weighted by Crippen LogP contribution is -2.32. The largest absolute Gasteiger partial charge is 0.393 e. The minimum Gasteiger partial charge on any atom is -0.393 e. The topological polar surface area (TPSA) is 84.5 Å². The summed E-state index contributed by atoms with van der Waals surface area (Å²) < 4.78 is 1.28. The number of carbonyl (C=O) groups excluding carboxylic acids is 1. The molecule has 7 nitrogen and oxygen atoms in total. The van der Waals surface area contributed by atoms with Crippen LogP contribution in [0.3, 0.4) is 0 Å². The highest BCUT2D eigenvalue weighted by molar-refractivity contribution is 7.80. The van der Waals surface area contributed by atoms with Gasteiger partial charge in [0.2, 0.25) is 5.91 Å². The SMILES string of the molecule is CN(CCC(N)=S)C(=O)CCn1ncc(N(C)C)cc1=O. The fourth-order valence-corrected chi connectivity index (χ4v) is 1.72. The van der Waals surface area contributed by atoms with Gasteiger partial charge >= 0.3 is 0 Å². The van der Waals surface area contributed by atoms with Crippen LogP contribution < -0.4 is 16.2 Å². The van der Waals surface area contributed by atoms with Crippen LogP contribution in [-0.2, 0) is 11.3 Å². The molecule has 1 aromatic rings. The first kappa shape index (κ1) is 17.1. The number of anilines is 1. The Bertz CT molecular complexity index is 570. The molecule has 1 amide bonds. The molecule has 8 heteroatoms. The summed E-state index contributed by atoms with van der Waals surface area (Å²) in [5, 5.41) is 4.06. The van der Waals surface area contributed by atoms with Crippen molar-refractivity contribution in [1.82, 2.24) is 14.7 Å². The number of nitrogens with zero attached hydrogens (tertiary/aromatic N) is 4. The zero-order valence-corrected chi connectivity index (χ0v) is 13.4. The van der Waals surface area contributed by atoms with Crippen LogP contribution in [0, 0.1) is 0 Å². The Labute approximate surface area is 129 Å². The molecule has 0 unspecified atom stereocenters. The summed E-state index contributed by atoms with van der Waals surface area (Å²) in [5.41, 5.74) is 5.91. The lowest BCUT2D eigenvalue weighted by Gasteiger charge is -2.17. The van der Waals surface area contributed by atoms with Gasteiger partial charge in [-0.2, -0.15) is 5.10 Å². The van der Waals surface area contributed by atoms with Crippen LogP contribution in [0.4, 0.5) is 5.69 Å². The summed E-state index contributed by atoms with van der Waals surface area (Å²) in [6.07, 6.45) is 2.30. The number of hydrogen-bond donors (Lipinski definition) is 1. The van der Waals surface area contributed by atoms with Gasteiger partial charge in [0.05, 0.1) is 23.4 Å². The molecule has 0 aliphatic carbocycles. The summed E-state index contributed by atoms with van der Waals surface area (Å²) in [6.45, 7) is 0.735. The van der Waals surface area contributed by atoms with E-state index < -0.39 is 0 Å². The van der Waals surface area contributed by atoms with Crippen LogP contribution in [0.25, 0.3) is 0 Å². The van der Waals surface area contributed by atoms with Crippen LogP contribution in [0.1, 0.15) is 12.8 Å². The quantitative estimate of drug-likeness (QED) is 0.704. The van der Waals surface area contributed by atoms with Crippen molar-refractivity contribution >= 4 is 28.8 Å². The second-order valence-corrected chi connectivity index (χ2v) is 5.48. The summed E-state index contributed by atoms with van der Waals surface area (Å²) in [5.74, 6) is -0.0726. The molecule has 0 aliphatic heterocycles. The van der Waals surface area contributed by atoms with Crippen molar-refractivity contribution in [2.45, 2.75) is 19.4 Å².